The molecule has 2 aliphatic heterocycles. The lowest BCUT2D eigenvalue weighted by Gasteiger charge is -2.67. The Balaban J connectivity index is 1.79. The first-order valence-corrected chi connectivity index (χ1v) is 19.5. The molecule has 2 aromatic heterocycles. The van der Waals surface area contributed by atoms with Crippen LogP contribution in [0.15, 0.2) is 41.3 Å². The predicted molar refractivity (Wildman–Crippen MR) is 199 cm³/mol. The number of carbonyl (C=O) groups excluding carboxylic acids is 8. The van der Waals surface area contributed by atoms with Gasteiger partial charge in [0.2, 0.25) is 5.76 Å². The van der Waals surface area contributed by atoms with E-state index in [0.29, 0.717) is 0 Å². The van der Waals surface area contributed by atoms with E-state index in [9.17, 15) is 48.6 Å². The Hall–Kier alpha value is -5.93. The molecular formula is C41H47NO20. The van der Waals surface area contributed by atoms with Crippen LogP contribution in [0.25, 0.3) is 0 Å². The molecule has 1 saturated heterocycles. The van der Waals surface area contributed by atoms with E-state index in [2.05, 4.69) is 4.98 Å². The molecule has 21 nitrogen and oxygen atoms in total. The van der Waals surface area contributed by atoms with Crippen LogP contribution < -0.4 is 0 Å². The molecule has 2 aromatic rings. The molecule has 2 aliphatic carbocycles. The van der Waals surface area contributed by atoms with Crippen LogP contribution in [0.2, 0.25) is 0 Å². The standard InChI is InChI=1S/C41H47NO20/c1-19(43)54-18-40-32(58-22(4)46)28(56-20(2)44)27-30(57-21(3)45)41(40)39(8,52)31(29(33(40)59-23(5)47)60-35(49)26-10-9-15-53-26)61-36(50)37(6,51)13-11-24-12-14-42-16-25(24)34(48)55-17-38(27,7)62-41/h9-10,12,14-16,27-33,51-52H,11,13,17-18H2,1-8H3/t27-,28-,29+,30-,31+,32-,33+,37?,38+,39+,40-,41+/m1/s1. The Morgan fingerprint density at radius 1 is 0.806 bits per heavy atom. The molecular weight excluding hydrogens is 826 g/mol. The van der Waals surface area contributed by atoms with Gasteiger partial charge in [0.05, 0.1) is 17.7 Å². The summed E-state index contributed by atoms with van der Waals surface area (Å²) in [5.74, 6) is -11.2. The fourth-order valence-electron chi connectivity index (χ4n) is 9.56. The summed E-state index contributed by atoms with van der Waals surface area (Å²) >= 11 is 0. The van der Waals surface area contributed by atoms with Crippen molar-refractivity contribution >= 4 is 47.8 Å². The lowest BCUT2D eigenvalue weighted by atomic mass is 9.45. The van der Waals surface area contributed by atoms with Gasteiger partial charge in [0.15, 0.2) is 35.6 Å². The molecule has 21 heteroatoms. The molecule has 62 heavy (non-hydrogen) atoms. The van der Waals surface area contributed by atoms with Gasteiger partial charge in [-0.15, -0.1) is 0 Å². The van der Waals surface area contributed by atoms with Gasteiger partial charge in [0.1, 0.15) is 42.0 Å². The van der Waals surface area contributed by atoms with Gasteiger partial charge in [-0.25, -0.2) is 14.4 Å². The number of rotatable bonds is 8. The fourth-order valence-corrected chi connectivity index (χ4v) is 9.56. The van der Waals surface area contributed by atoms with E-state index in [0.717, 1.165) is 54.7 Å². The van der Waals surface area contributed by atoms with Crippen molar-refractivity contribution in [3.63, 3.8) is 0 Å². The van der Waals surface area contributed by atoms with E-state index in [-0.39, 0.29) is 17.5 Å². The Morgan fingerprint density at radius 3 is 2.00 bits per heavy atom. The second kappa shape index (κ2) is 16.4. The smallest absolute Gasteiger partial charge is 0.374 e. The first-order chi connectivity index (χ1) is 28.9. The maximum absolute atomic E-state index is 14.4. The number of aliphatic hydroxyl groups is 2. The number of pyridine rings is 1. The third kappa shape index (κ3) is 7.54. The van der Waals surface area contributed by atoms with Gasteiger partial charge in [-0.1, -0.05) is 0 Å². The highest BCUT2D eigenvalue weighted by molar-refractivity contribution is 5.91. The van der Waals surface area contributed by atoms with Crippen molar-refractivity contribution in [3.05, 3.63) is 53.7 Å². The fraction of sp³-hybridized carbons (Fsp3) is 0.585. The number of fused-ring (bicyclic) bond motifs is 5. The molecule has 0 radical (unpaired) electrons. The van der Waals surface area contributed by atoms with E-state index in [1.807, 2.05) is 0 Å². The van der Waals surface area contributed by atoms with Crippen molar-refractivity contribution in [1.82, 2.24) is 4.98 Å². The number of ether oxygens (including phenoxy) is 9. The van der Waals surface area contributed by atoms with E-state index >= 15 is 0 Å². The van der Waals surface area contributed by atoms with E-state index in [1.165, 1.54) is 37.5 Å². The summed E-state index contributed by atoms with van der Waals surface area (Å²) in [5.41, 5.74) is -13.1. The zero-order valence-corrected chi connectivity index (χ0v) is 35.0. The molecule has 12 atom stereocenters. The molecule has 4 heterocycles. The number of aryl methyl sites for hydroxylation is 1. The van der Waals surface area contributed by atoms with Crippen LogP contribution in [0.4, 0.5) is 0 Å². The summed E-state index contributed by atoms with van der Waals surface area (Å²) in [4.78, 5) is 113. The summed E-state index contributed by atoms with van der Waals surface area (Å²) in [7, 11) is 0. The zero-order chi connectivity index (χ0) is 45.7. The molecule has 0 amide bonds. The molecule has 1 spiro atoms. The molecule has 336 valence electrons. The molecule has 4 aliphatic rings. The topological polar surface area (TPSA) is 286 Å². The Morgan fingerprint density at radius 2 is 1.42 bits per heavy atom. The number of esters is 8. The van der Waals surface area contributed by atoms with E-state index < -0.39 is 144 Å². The SMILES string of the molecule is CC(=O)OC[C@]12[C@H](OC(C)=O)[C@H](OC(C)=O)[C@@H]3[C@@H](OC(C)=O)[C@@]14O[C@@]3(C)COC(=O)c1cnccc1CCC(C)(O)C(=O)O[C@@H]([C@H](OC(=O)c1ccco1)[C@@H]2OC(C)=O)[C@]4(C)O. The molecule has 6 rings (SSSR count). The highest BCUT2D eigenvalue weighted by Crippen LogP contribution is 2.70. The molecule has 2 N–H and O–H groups in total. The van der Waals surface area contributed by atoms with Crippen LogP contribution in [0, 0.1) is 11.3 Å². The lowest BCUT2D eigenvalue weighted by Crippen LogP contribution is -2.89. The maximum atomic E-state index is 14.4. The normalized spacial score (nSPS) is 36.3. The van der Waals surface area contributed by atoms with Crippen LogP contribution in [0.1, 0.15) is 88.3 Å². The summed E-state index contributed by atoms with van der Waals surface area (Å²) in [6, 6.07) is 3.96. The van der Waals surface area contributed by atoms with Crippen molar-refractivity contribution in [3.8, 4) is 0 Å². The number of cyclic esters (lactones) is 1. The number of furan rings is 1. The summed E-state index contributed by atoms with van der Waals surface area (Å²) < 4.78 is 59.8. The average Bonchev–Trinajstić information content (AvgIpc) is 3.79. The molecule has 2 saturated carbocycles. The number of hydrogen-bond acceptors (Lipinski definition) is 21. The molecule has 3 fully saturated rings. The quantitative estimate of drug-likeness (QED) is 0.275. The molecule has 0 aromatic carbocycles. The third-order valence-corrected chi connectivity index (χ3v) is 11.9. The minimum absolute atomic E-state index is 0.102. The van der Waals surface area contributed by atoms with Crippen LogP contribution in [-0.2, 0) is 77.8 Å². The molecule has 4 bridgehead atoms. The van der Waals surface area contributed by atoms with Gasteiger partial charge in [-0.2, -0.15) is 0 Å². The van der Waals surface area contributed by atoms with Crippen LogP contribution >= 0.6 is 0 Å². The summed E-state index contributed by atoms with van der Waals surface area (Å²) in [6.07, 6.45) is -9.80. The Labute approximate surface area is 353 Å². The zero-order valence-electron chi connectivity index (χ0n) is 35.0. The highest BCUT2D eigenvalue weighted by atomic mass is 16.7. The number of hydrogen-bond donors (Lipinski definition) is 2. The van der Waals surface area contributed by atoms with Gasteiger partial charge in [-0.05, 0) is 57.4 Å². The molecule has 1 unspecified atom stereocenters. The van der Waals surface area contributed by atoms with Gasteiger partial charge in [0, 0.05) is 47.0 Å². The first-order valence-electron chi connectivity index (χ1n) is 19.5. The predicted octanol–water partition coefficient (Wildman–Crippen LogP) is 0.864. The minimum atomic E-state index is -3.00. The largest absolute Gasteiger partial charge is 0.465 e. The van der Waals surface area contributed by atoms with Crippen molar-refractivity contribution in [1.29, 1.82) is 0 Å². The first kappa shape index (κ1) is 45.6. The Bertz CT molecular complexity index is 2150. The summed E-state index contributed by atoms with van der Waals surface area (Å²) in [6.45, 7) is 6.24. The second-order valence-corrected chi connectivity index (χ2v) is 16.4. The van der Waals surface area contributed by atoms with Gasteiger partial charge in [-0.3, -0.25) is 29.0 Å². The second-order valence-electron chi connectivity index (χ2n) is 16.4. The van der Waals surface area contributed by atoms with Crippen molar-refractivity contribution in [2.24, 2.45) is 11.3 Å². The van der Waals surface area contributed by atoms with Gasteiger partial charge in [0.25, 0.3) is 0 Å². The Kier molecular flexibility index (Phi) is 12.1. The monoisotopic (exact) mass is 873 g/mol. The van der Waals surface area contributed by atoms with Crippen LogP contribution in [-0.4, -0.2) is 135 Å². The van der Waals surface area contributed by atoms with Crippen molar-refractivity contribution in [2.45, 2.75) is 127 Å². The van der Waals surface area contributed by atoms with Gasteiger partial charge < -0.3 is 57.3 Å². The van der Waals surface area contributed by atoms with Crippen molar-refractivity contribution < 1.29 is 95.6 Å². The average molecular weight is 874 g/mol. The maximum Gasteiger partial charge on any atom is 0.374 e. The summed E-state index contributed by atoms with van der Waals surface area (Å²) in [5, 5.41) is 25.3. The number of nitrogens with zero attached hydrogens (tertiary/aromatic N) is 1. The van der Waals surface area contributed by atoms with Crippen LogP contribution in [0.3, 0.4) is 0 Å². The highest BCUT2D eigenvalue weighted by Gasteiger charge is 2.92. The lowest BCUT2D eigenvalue weighted by molar-refractivity contribution is -0.386. The van der Waals surface area contributed by atoms with Crippen LogP contribution in [0.5, 0.6) is 0 Å². The minimum Gasteiger partial charge on any atom is -0.465 e. The van der Waals surface area contributed by atoms with E-state index in [1.54, 1.807) is 0 Å². The third-order valence-electron chi connectivity index (χ3n) is 11.9. The van der Waals surface area contributed by atoms with Crippen molar-refractivity contribution in [2.75, 3.05) is 13.2 Å². The van der Waals surface area contributed by atoms with E-state index in [4.69, 9.17) is 47.0 Å². The van der Waals surface area contributed by atoms with Gasteiger partial charge >= 0.3 is 47.8 Å². The number of carbonyl (C=O) groups is 8. The number of aromatic nitrogens is 1.